The van der Waals surface area contributed by atoms with E-state index in [1.807, 2.05) is 4.90 Å². The molecule has 0 aliphatic carbocycles. The second kappa shape index (κ2) is 9.42. The SMILES string of the molecule is Cc1cc(COC(=O)N2CCCn3nc(C(=O)N4CC5CCC4CN5C)cc3C2)cc(C(F)(F)F)c1. The van der Waals surface area contributed by atoms with Crippen molar-refractivity contribution in [3.8, 4) is 0 Å². The van der Waals surface area contributed by atoms with Crippen molar-refractivity contribution >= 4 is 12.0 Å². The summed E-state index contributed by atoms with van der Waals surface area (Å²) in [5.41, 5.74) is 1.08. The summed E-state index contributed by atoms with van der Waals surface area (Å²) in [6.07, 6.45) is -2.35. The van der Waals surface area contributed by atoms with Gasteiger partial charge in [-0.15, -0.1) is 0 Å². The van der Waals surface area contributed by atoms with Crippen LogP contribution in [0.1, 0.15) is 52.1 Å². The highest BCUT2D eigenvalue weighted by atomic mass is 19.4. The van der Waals surface area contributed by atoms with Crippen molar-refractivity contribution < 1.29 is 27.5 Å². The molecule has 3 saturated heterocycles. The highest BCUT2D eigenvalue weighted by molar-refractivity contribution is 5.93. The van der Waals surface area contributed by atoms with Gasteiger partial charge in [0.2, 0.25) is 0 Å². The third-order valence-electron chi connectivity index (χ3n) is 7.38. The normalized spacial score (nSPS) is 22.4. The summed E-state index contributed by atoms with van der Waals surface area (Å²) >= 11 is 0. The third-order valence-corrected chi connectivity index (χ3v) is 7.38. The average molecular weight is 506 g/mol. The first kappa shape index (κ1) is 24.6. The van der Waals surface area contributed by atoms with Crippen molar-refractivity contribution in [2.45, 2.75) is 64.1 Å². The molecule has 2 amide bonds. The van der Waals surface area contributed by atoms with Gasteiger partial charge in [0.25, 0.3) is 5.91 Å². The first-order valence-corrected chi connectivity index (χ1v) is 12.3. The molecule has 11 heteroatoms. The zero-order chi connectivity index (χ0) is 25.6. The Hall–Kier alpha value is -3.08. The van der Waals surface area contributed by atoms with E-state index >= 15 is 0 Å². The molecule has 5 heterocycles. The minimum Gasteiger partial charge on any atom is -0.445 e. The summed E-state index contributed by atoms with van der Waals surface area (Å²) in [4.78, 5) is 31.8. The Labute approximate surface area is 207 Å². The molecule has 4 aliphatic heterocycles. The Morgan fingerprint density at radius 2 is 1.86 bits per heavy atom. The third kappa shape index (κ3) is 4.93. The number of nitrogens with zero attached hydrogens (tertiary/aromatic N) is 5. The number of ether oxygens (including phenoxy) is 1. The van der Waals surface area contributed by atoms with E-state index in [0.29, 0.717) is 43.4 Å². The van der Waals surface area contributed by atoms with Gasteiger partial charge in [0.15, 0.2) is 5.69 Å². The molecule has 2 aromatic rings. The van der Waals surface area contributed by atoms with E-state index in [2.05, 4.69) is 17.0 Å². The Kier molecular flexibility index (Phi) is 6.44. The number of aromatic nitrogens is 2. The zero-order valence-corrected chi connectivity index (χ0v) is 20.4. The number of rotatable bonds is 3. The highest BCUT2D eigenvalue weighted by Gasteiger charge is 2.40. The Balaban J connectivity index is 1.24. The van der Waals surface area contributed by atoms with Crippen LogP contribution in [0, 0.1) is 6.92 Å². The predicted molar refractivity (Wildman–Crippen MR) is 124 cm³/mol. The Bertz CT molecular complexity index is 1160. The molecule has 3 fully saturated rings. The van der Waals surface area contributed by atoms with Crippen molar-refractivity contribution in [1.82, 2.24) is 24.5 Å². The molecule has 0 saturated carbocycles. The zero-order valence-electron chi connectivity index (χ0n) is 20.4. The molecule has 0 N–H and O–H groups in total. The number of carbonyl (C=O) groups is 2. The maximum Gasteiger partial charge on any atom is 0.416 e. The van der Waals surface area contributed by atoms with Gasteiger partial charge < -0.3 is 14.5 Å². The summed E-state index contributed by atoms with van der Waals surface area (Å²) in [6, 6.07) is 5.96. The predicted octanol–water partition coefficient (Wildman–Crippen LogP) is 3.67. The van der Waals surface area contributed by atoms with Gasteiger partial charge in [0, 0.05) is 38.3 Å². The quantitative estimate of drug-likeness (QED) is 0.637. The molecular weight excluding hydrogens is 475 g/mol. The smallest absolute Gasteiger partial charge is 0.416 e. The summed E-state index contributed by atoms with van der Waals surface area (Å²) in [6.45, 7) is 4.10. The molecule has 36 heavy (non-hydrogen) atoms. The van der Waals surface area contributed by atoms with E-state index in [1.165, 1.54) is 4.90 Å². The van der Waals surface area contributed by atoms with Crippen molar-refractivity contribution in [1.29, 1.82) is 0 Å². The summed E-state index contributed by atoms with van der Waals surface area (Å²) in [5.74, 6) is -0.0765. The molecule has 0 radical (unpaired) electrons. The Morgan fingerprint density at radius 1 is 1.08 bits per heavy atom. The molecule has 2 unspecified atom stereocenters. The molecular formula is C25H30F3N5O3. The van der Waals surface area contributed by atoms with E-state index in [4.69, 9.17) is 4.74 Å². The first-order chi connectivity index (χ1) is 17.1. The van der Waals surface area contributed by atoms with Crippen LogP contribution in [0.15, 0.2) is 24.3 Å². The van der Waals surface area contributed by atoms with Crippen molar-refractivity contribution in [3.05, 3.63) is 52.3 Å². The van der Waals surface area contributed by atoms with E-state index in [0.717, 1.165) is 37.2 Å². The van der Waals surface area contributed by atoms with E-state index < -0.39 is 17.8 Å². The van der Waals surface area contributed by atoms with Gasteiger partial charge in [0.05, 0.1) is 17.8 Å². The molecule has 2 atom stereocenters. The van der Waals surface area contributed by atoms with Crippen molar-refractivity contribution in [2.75, 3.05) is 26.7 Å². The van der Waals surface area contributed by atoms with Gasteiger partial charge in [-0.05, 0) is 57.0 Å². The summed E-state index contributed by atoms with van der Waals surface area (Å²) in [7, 11) is 2.10. The number of alkyl halides is 3. The fraction of sp³-hybridized carbons (Fsp3) is 0.560. The van der Waals surface area contributed by atoms with Gasteiger partial charge in [-0.25, -0.2) is 4.79 Å². The second-order valence-corrected chi connectivity index (χ2v) is 10.1. The van der Waals surface area contributed by atoms with Crippen molar-refractivity contribution in [2.24, 2.45) is 0 Å². The number of benzene rings is 1. The maximum atomic E-state index is 13.2. The minimum absolute atomic E-state index is 0.0765. The lowest BCUT2D eigenvalue weighted by molar-refractivity contribution is -0.137. The molecule has 2 bridgehead atoms. The standard InChI is InChI=1S/C25H30F3N5O3/c1-16-8-17(10-18(9-16)25(26,27)28)15-36-24(35)31-6-3-7-33-21(13-31)11-22(29-33)23(34)32-14-19-4-5-20(32)12-30(19)2/h8-11,19-20H,3-7,12-15H2,1-2H3. The van der Waals surface area contributed by atoms with E-state index in [1.54, 1.807) is 23.7 Å². The first-order valence-electron chi connectivity index (χ1n) is 12.3. The molecule has 6 rings (SSSR count). The topological polar surface area (TPSA) is 70.9 Å². The van der Waals surface area contributed by atoms with Crippen LogP contribution in [0.4, 0.5) is 18.0 Å². The fourth-order valence-electron chi connectivity index (χ4n) is 5.50. The number of amides is 2. The molecule has 194 valence electrons. The van der Waals surface area contributed by atoms with Gasteiger partial charge in [-0.3, -0.25) is 14.4 Å². The Morgan fingerprint density at radius 3 is 2.56 bits per heavy atom. The average Bonchev–Trinajstić information content (AvgIpc) is 3.12. The number of piperazine rings is 1. The fourth-order valence-corrected chi connectivity index (χ4v) is 5.50. The van der Waals surface area contributed by atoms with Crippen LogP contribution in [0.3, 0.4) is 0 Å². The van der Waals surface area contributed by atoms with Crippen LogP contribution in [0.2, 0.25) is 0 Å². The van der Waals surface area contributed by atoms with Crippen LogP contribution in [0.5, 0.6) is 0 Å². The lowest BCUT2D eigenvalue weighted by Crippen LogP contribution is -2.62. The molecule has 0 spiro atoms. The highest BCUT2D eigenvalue weighted by Crippen LogP contribution is 2.31. The van der Waals surface area contributed by atoms with Gasteiger partial charge >= 0.3 is 12.3 Å². The number of hydrogen-bond acceptors (Lipinski definition) is 5. The van der Waals surface area contributed by atoms with Crippen LogP contribution in [-0.4, -0.2) is 75.2 Å². The van der Waals surface area contributed by atoms with Crippen molar-refractivity contribution in [3.63, 3.8) is 0 Å². The summed E-state index contributed by atoms with van der Waals surface area (Å²) < 4.78 is 46.5. The van der Waals surface area contributed by atoms with Crippen LogP contribution in [-0.2, 0) is 30.6 Å². The number of halogens is 3. The lowest BCUT2D eigenvalue weighted by atomic mass is 9.91. The number of fused-ring (bicyclic) bond motifs is 4. The minimum atomic E-state index is -4.47. The second-order valence-electron chi connectivity index (χ2n) is 10.1. The molecule has 1 aromatic heterocycles. The molecule has 4 aliphatic rings. The largest absolute Gasteiger partial charge is 0.445 e. The van der Waals surface area contributed by atoms with Gasteiger partial charge in [0.1, 0.15) is 6.61 Å². The number of aryl methyl sites for hydroxylation is 2. The number of likely N-dealkylation sites (N-methyl/N-ethyl adjacent to an activating group) is 1. The molecule has 1 aromatic carbocycles. The monoisotopic (exact) mass is 505 g/mol. The van der Waals surface area contributed by atoms with Gasteiger partial charge in [-0.1, -0.05) is 11.6 Å². The van der Waals surface area contributed by atoms with Crippen LogP contribution < -0.4 is 0 Å². The number of hydrogen-bond donors (Lipinski definition) is 0. The van der Waals surface area contributed by atoms with Crippen LogP contribution in [0.25, 0.3) is 0 Å². The molecule has 8 nitrogen and oxygen atoms in total. The van der Waals surface area contributed by atoms with E-state index in [-0.39, 0.29) is 30.7 Å². The maximum absolute atomic E-state index is 13.2. The van der Waals surface area contributed by atoms with E-state index in [9.17, 15) is 22.8 Å². The van der Waals surface area contributed by atoms with Gasteiger partial charge in [-0.2, -0.15) is 18.3 Å². The lowest BCUT2D eigenvalue weighted by Gasteiger charge is -2.50. The summed E-state index contributed by atoms with van der Waals surface area (Å²) in [5, 5.41) is 4.54. The van der Waals surface area contributed by atoms with Crippen LogP contribution >= 0.6 is 0 Å². The number of carbonyl (C=O) groups excluding carboxylic acids is 2. The number of piperidine rings is 2.